The number of nitrogens with zero attached hydrogens (tertiary/aromatic N) is 1. The van der Waals surface area contributed by atoms with Gasteiger partial charge in [0.2, 0.25) is 0 Å². The summed E-state index contributed by atoms with van der Waals surface area (Å²) in [5.41, 5.74) is 0. The Morgan fingerprint density at radius 3 is 2.44 bits per heavy atom. The standard InChI is InChI=1S/C10H16FNO6/c1-6(13)17-5-9(15)10(18-7(2)14)8(11)4-12-16-3/h4,8-10,15H,5H2,1-3H3. The average molecular weight is 265 g/mol. The molecule has 18 heavy (non-hydrogen) atoms. The van der Waals surface area contributed by atoms with Crippen LogP contribution >= 0.6 is 0 Å². The predicted molar refractivity (Wildman–Crippen MR) is 58.6 cm³/mol. The molecule has 0 aliphatic carbocycles. The maximum absolute atomic E-state index is 13.6. The number of rotatable bonds is 7. The molecule has 3 unspecified atom stereocenters. The number of carbonyl (C=O) groups is 2. The lowest BCUT2D eigenvalue weighted by molar-refractivity contribution is -0.161. The fourth-order valence-electron chi connectivity index (χ4n) is 1.05. The summed E-state index contributed by atoms with van der Waals surface area (Å²) in [7, 11) is 1.21. The maximum Gasteiger partial charge on any atom is 0.303 e. The van der Waals surface area contributed by atoms with Crippen molar-refractivity contribution in [1.29, 1.82) is 0 Å². The van der Waals surface area contributed by atoms with Crippen molar-refractivity contribution in [2.45, 2.75) is 32.2 Å². The number of oxime groups is 1. The Bertz CT molecular complexity index is 309. The van der Waals surface area contributed by atoms with E-state index in [4.69, 9.17) is 0 Å². The zero-order chi connectivity index (χ0) is 14.1. The zero-order valence-electron chi connectivity index (χ0n) is 10.3. The van der Waals surface area contributed by atoms with Crippen LogP contribution in [0.25, 0.3) is 0 Å². The van der Waals surface area contributed by atoms with Crippen LogP contribution < -0.4 is 0 Å². The number of hydrogen-bond donors (Lipinski definition) is 1. The van der Waals surface area contributed by atoms with Gasteiger partial charge in [0, 0.05) is 13.8 Å². The molecular formula is C10H16FNO6. The van der Waals surface area contributed by atoms with Crippen LogP contribution in [0.1, 0.15) is 13.8 Å². The van der Waals surface area contributed by atoms with E-state index in [0.29, 0.717) is 0 Å². The number of halogens is 1. The lowest BCUT2D eigenvalue weighted by atomic mass is 10.1. The molecule has 0 radical (unpaired) electrons. The van der Waals surface area contributed by atoms with Crippen molar-refractivity contribution in [2.24, 2.45) is 5.16 Å². The van der Waals surface area contributed by atoms with E-state index >= 15 is 0 Å². The van der Waals surface area contributed by atoms with Crippen molar-refractivity contribution in [3.8, 4) is 0 Å². The molecule has 8 heteroatoms. The molecule has 0 rings (SSSR count). The second kappa shape index (κ2) is 8.40. The van der Waals surface area contributed by atoms with Crippen molar-refractivity contribution in [2.75, 3.05) is 13.7 Å². The van der Waals surface area contributed by atoms with Gasteiger partial charge >= 0.3 is 11.9 Å². The van der Waals surface area contributed by atoms with Crippen molar-refractivity contribution in [3.05, 3.63) is 0 Å². The Labute approximate surface area is 103 Å². The molecule has 0 aliphatic heterocycles. The molecule has 104 valence electrons. The third-order valence-corrected chi connectivity index (χ3v) is 1.76. The highest BCUT2D eigenvalue weighted by molar-refractivity contribution is 5.68. The van der Waals surface area contributed by atoms with E-state index in [0.717, 1.165) is 20.1 Å². The molecular weight excluding hydrogens is 249 g/mol. The second-order valence-electron chi connectivity index (χ2n) is 3.33. The van der Waals surface area contributed by atoms with Crippen LogP contribution in [0.4, 0.5) is 4.39 Å². The molecule has 0 aliphatic rings. The minimum absolute atomic E-state index is 0.492. The summed E-state index contributed by atoms with van der Waals surface area (Å²) < 4.78 is 22.7. The molecule has 3 atom stereocenters. The van der Waals surface area contributed by atoms with Crippen LogP contribution in [0, 0.1) is 0 Å². The first-order valence-electron chi connectivity index (χ1n) is 5.07. The van der Waals surface area contributed by atoms with E-state index in [1.54, 1.807) is 0 Å². The van der Waals surface area contributed by atoms with Crippen molar-refractivity contribution >= 4 is 18.2 Å². The summed E-state index contributed by atoms with van der Waals surface area (Å²) >= 11 is 0. The molecule has 0 aromatic rings. The van der Waals surface area contributed by atoms with Gasteiger partial charge in [-0.05, 0) is 0 Å². The number of hydrogen-bond acceptors (Lipinski definition) is 7. The van der Waals surface area contributed by atoms with Gasteiger partial charge in [0.15, 0.2) is 12.3 Å². The molecule has 7 nitrogen and oxygen atoms in total. The number of alkyl halides is 1. The van der Waals surface area contributed by atoms with Crippen LogP contribution in [-0.4, -0.2) is 55.4 Å². The highest BCUT2D eigenvalue weighted by atomic mass is 19.1. The van der Waals surface area contributed by atoms with Gasteiger partial charge in [0.05, 0.1) is 6.21 Å². The smallest absolute Gasteiger partial charge is 0.303 e. The monoisotopic (exact) mass is 265 g/mol. The molecule has 1 N–H and O–H groups in total. The molecule has 0 saturated carbocycles. The Hall–Kier alpha value is -1.70. The first-order chi connectivity index (χ1) is 8.38. The topological polar surface area (TPSA) is 94.4 Å². The van der Waals surface area contributed by atoms with Gasteiger partial charge in [-0.15, -0.1) is 0 Å². The molecule has 0 fully saturated rings. The lowest BCUT2D eigenvalue weighted by Crippen LogP contribution is -2.42. The first-order valence-corrected chi connectivity index (χ1v) is 5.07. The third kappa shape index (κ3) is 6.79. The number of ether oxygens (including phenoxy) is 2. The molecule has 0 heterocycles. The number of carbonyl (C=O) groups excluding carboxylic acids is 2. The van der Waals surface area contributed by atoms with Gasteiger partial charge in [-0.25, -0.2) is 4.39 Å². The Balaban J connectivity index is 4.59. The van der Waals surface area contributed by atoms with Crippen LogP contribution in [0.15, 0.2) is 5.16 Å². The van der Waals surface area contributed by atoms with Crippen LogP contribution in [0.3, 0.4) is 0 Å². The van der Waals surface area contributed by atoms with Crippen molar-refractivity contribution in [1.82, 2.24) is 0 Å². The van der Waals surface area contributed by atoms with Crippen molar-refractivity contribution in [3.63, 3.8) is 0 Å². The summed E-state index contributed by atoms with van der Waals surface area (Å²) in [5, 5.41) is 12.7. The minimum Gasteiger partial charge on any atom is -0.463 e. The largest absolute Gasteiger partial charge is 0.463 e. The fourth-order valence-corrected chi connectivity index (χ4v) is 1.05. The summed E-state index contributed by atoms with van der Waals surface area (Å²) in [4.78, 5) is 25.6. The fraction of sp³-hybridized carbons (Fsp3) is 0.700. The summed E-state index contributed by atoms with van der Waals surface area (Å²) in [5.74, 6) is -1.42. The SMILES string of the molecule is CON=CC(F)C(OC(C)=O)C(O)COC(C)=O. The van der Waals surface area contributed by atoms with Crippen molar-refractivity contribution < 1.29 is 33.4 Å². The lowest BCUT2D eigenvalue weighted by Gasteiger charge is -2.23. The van der Waals surface area contributed by atoms with Crippen LogP contribution in [0.5, 0.6) is 0 Å². The minimum atomic E-state index is -1.89. The Morgan fingerprint density at radius 2 is 2.00 bits per heavy atom. The second-order valence-corrected chi connectivity index (χ2v) is 3.33. The summed E-state index contributed by atoms with van der Waals surface area (Å²) in [6.45, 7) is 1.70. The van der Waals surface area contributed by atoms with Crippen LogP contribution in [-0.2, 0) is 23.9 Å². The van der Waals surface area contributed by atoms with E-state index < -0.39 is 36.9 Å². The van der Waals surface area contributed by atoms with E-state index in [1.165, 1.54) is 7.11 Å². The Morgan fingerprint density at radius 1 is 1.39 bits per heavy atom. The third-order valence-electron chi connectivity index (χ3n) is 1.76. The normalized spacial score (nSPS) is 15.8. The van der Waals surface area contributed by atoms with Gasteiger partial charge in [-0.3, -0.25) is 9.59 Å². The van der Waals surface area contributed by atoms with Gasteiger partial charge in [0.1, 0.15) is 19.8 Å². The highest BCUT2D eigenvalue weighted by Gasteiger charge is 2.31. The molecule has 0 aromatic carbocycles. The van der Waals surface area contributed by atoms with E-state index in [-0.39, 0.29) is 0 Å². The quantitative estimate of drug-likeness (QED) is 0.389. The van der Waals surface area contributed by atoms with Gasteiger partial charge in [-0.2, -0.15) is 0 Å². The van der Waals surface area contributed by atoms with Gasteiger partial charge in [-0.1, -0.05) is 5.16 Å². The highest BCUT2D eigenvalue weighted by Crippen LogP contribution is 2.09. The molecule has 0 aromatic heterocycles. The summed E-state index contributed by atoms with van der Waals surface area (Å²) in [6, 6.07) is 0. The molecule has 0 spiro atoms. The predicted octanol–water partition coefficient (Wildman–Crippen LogP) is -0.188. The summed E-state index contributed by atoms with van der Waals surface area (Å²) in [6.07, 6.45) is -4.19. The number of esters is 2. The van der Waals surface area contributed by atoms with Crippen LogP contribution in [0.2, 0.25) is 0 Å². The average Bonchev–Trinajstić information content (AvgIpc) is 2.29. The van der Waals surface area contributed by atoms with Gasteiger partial charge in [0.25, 0.3) is 0 Å². The molecule has 0 saturated heterocycles. The maximum atomic E-state index is 13.6. The van der Waals surface area contributed by atoms with E-state index in [2.05, 4.69) is 19.5 Å². The number of aliphatic hydroxyl groups excluding tert-OH is 1. The molecule has 0 amide bonds. The first kappa shape index (κ1) is 16.3. The van der Waals surface area contributed by atoms with E-state index in [9.17, 15) is 19.1 Å². The van der Waals surface area contributed by atoms with E-state index in [1.807, 2.05) is 0 Å². The van der Waals surface area contributed by atoms with Gasteiger partial charge < -0.3 is 19.4 Å². The zero-order valence-corrected chi connectivity index (χ0v) is 10.3. The Kier molecular flexibility index (Phi) is 7.61. The number of aliphatic hydroxyl groups is 1. The molecule has 0 bridgehead atoms.